The maximum atomic E-state index is 13.0. The fourth-order valence-corrected chi connectivity index (χ4v) is 1.72. The zero-order valence-corrected chi connectivity index (χ0v) is 8.78. The van der Waals surface area contributed by atoms with E-state index in [-0.39, 0.29) is 18.3 Å². The van der Waals surface area contributed by atoms with Crippen LogP contribution in [0.5, 0.6) is 5.75 Å². The monoisotopic (exact) mass is 224 g/mol. The summed E-state index contributed by atoms with van der Waals surface area (Å²) in [7, 11) is 0. The summed E-state index contributed by atoms with van der Waals surface area (Å²) in [6, 6.07) is 4.14. The van der Waals surface area contributed by atoms with Crippen LogP contribution >= 0.6 is 0 Å². The van der Waals surface area contributed by atoms with Crippen molar-refractivity contribution in [3.8, 4) is 5.75 Å². The van der Waals surface area contributed by atoms with Gasteiger partial charge in [-0.15, -0.1) is 0 Å². The molecule has 0 fully saturated rings. The number of ether oxygens (including phenoxy) is 1. The molecule has 1 aliphatic heterocycles. The van der Waals surface area contributed by atoms with Crippen LogP contribution in [-0.2, 0) is 4.79 Å². The highest BCUT2D eigenvalue weighted by Crippen LogP contribution is 2.31. The Hall–Kier alpha value is -1.62. The quantitative estimate of drug-likeness (QED) is 0.771. The van der Waals surface area contributed by atoms with Gasteiger partial charge >= 0.3 is 0 Å². The average molecular weight is 224 g/mol. The Balaban J connectivity index is 2.40. The minimum absolute atomic E-state index is 0.0587. The van der Waals surface area contributed by atoms with Crippen molar-refractivity contribution in [3.05, 3.63) is 24.0 Å². The van der Waals surface area contributed by atoms with Crippen molar-refractivity contribution in [1.82, 2.24) is 0 Å². The van der Waals surface area contributed by atoms with E-state index in [9.17, 15) is 9.18 Å². The second-order valence-corrected chi connectivity index (χ2v) is 3.56. The van der Waals surface area contributed by atoms with E-state index in [1.807, 2.05) is 0 Å². The minimum atomic E-state index is -0.374. The largest absolute Gasteiger partial charge is 0.491 e. The Morgan fingerprint density at radius 1 is 1.56 bits per heavy atom. The molecule has 1 aromatic rings. The molecule has 1 amide bonds. The Kier molecular flexibility index (Phi) is 3.05. The summed E-state index contributed by atoms with van der Waals surface area (Å²) in [5, 5.41) is 0. The molecule has 4 nitrogen and oxygen atoms in total. The molecule has 5 heteroatoms. The van der Waals surface area contributed by atoms with E-state index < -0.39 is 0 Å². The molecule has 0 aromatic heterocycles. The molecule has 0 saturated carbocycles. The number of carbonyl (C=O) groups is 1. The molecule has 0 radical (unpaired) electrons. The highest BCUT2D eigenvalue weighted by atomic mass is 19.1. The van der Waals surface area contributed by atoms with Gasteiger partial charge in [0, 0.05) is 12.6 Å². The molecule has 0 spiro atoms. The van der Waals surface area contributed by atoms with Crippen LogP contribution in [0.4, 0.5) is 10.1 Å². The second-order valence-electron chi connectivity index (χ2n) is 3.56. The zero-order valence-electron chi connectivity index (χ0n) is 8.78. The number of nitrogens with zero attached hydrogens (tertiary/aromatic N) is 1. The number of fused-ring (bicyclic) bond motifs is 1. The lowest BCUT2D eigenvalue weighted by molar-refractivity contribution is -0.117. The average Bonchev–Trinajstić information content (AvgIpc) is 2.49. The smallest absolute Gasteiger partial charge is 0.240 e. The third-order valence-electron chi connectivity index (χ3n) is 2.47. The van der Waals surface area contributed by atoms with Gasteiger partial charge < -0.3 is 15.4 Å². The van der Waals surface area contributed by atoms with Gasteiger partial charge in [-0.1, -0.05) is 0 Å². The fourth-order valence-electron chi connectivity index (χ4n) is 1.72. The second kappa shape index (κ2) is 4.49. The lowest BCUT2D eigenvalue weighted by Crippen LogP contribution is -2.36. The van der Waals surface area contributed by atoms with Crippen LogP contribution in [0.2, 0.25) is 0 Å². The molecule has 16 heavy (non-hydrogen) atoms. The number of amides is 1. The molecule has 0 atom stereocenters. The summed E-state index contributed by atoms with van der Waals surface area (Å²) < 4.78 is 18.4. The van der Waals surface area contributed by atoms with Crippen LogP contribution in [0, 0.1) is 5.82 Å². The Labute approximate surface area is 92.8 Å². The van der Waals surface area contributed by atoms with E-state index in [1.54, 1.807) is 11.0 Å². The molecule has 0 aliphatic carbocycles. The summed E-state index contributed by atoms with van der Waals surface area (Å²) in [4.78, 5) is 13.2. The lowest BCUT2D eigenvalue weighted by atomic mass is 10.2. The van der Waals surface area contributed by atoms with Crippen molar-refractivity contribution in [1.29, 1.82) is 0 Å². The summed E-state index contributed by atoms with van der Waals surface area (Å²) in [6.45, 7) is 0.969. The first-order valence-corrected chi connectivity index (χ1v) is 5.15. The third kappa shape index (κ3) is 1.99. The van der Waals surface area contributed by atoms with Crippen LogP contribution in [-0.4, -0.2) is 25.6 Å². The van der Waals surface area contributed by atoms with Gasteiger partial charge in [-0.2, -0.15) is 0 Å². The van der Waals surface area contributed by atoms with Crippen molar-refractivity contribution in [2.45, 2.75) is 6.42 Å². The van der Waals surface area contributed by atoms with Gasteiger partial charge in [-0.3, -0.25) is 4.79 Å². The highest BCUT2D eigenvalue weighted by molar-refractivity contribution is 5.96. The lowest BCUT2D eigenvalue weighted by Gasteiger charge is -2.20. The van der Waals surface area contributed by atoms with Crippen molar-refractivity contribution >= 4 is 11.6 Å². The molecular formula is C11H13FN2O2. The summed E-state index contributed by atoms with van der Waals surface area (Å²) in [5.74, 6) is -0.154. The summed E-state index contributed by atoms with van der Waals surface area (Å²) in [6.07, 6.45) is 0.710. The van der Waals surface area contributed by atoms with Crippen LogP contribution in [0.1, 0.15) is 6.42 Å². The highest BCUT2D eigenvalue weighted by Gasteiger charge is 2.21. The number of carbonyl (C=O) groups excluding carboxylic acids is 1. The Morgan fingerprint density at radius 3 is 3.12 bits per heavy atom. The number of rotatable bonds is 1. The van der Waals surface area contributed by atoms with Gasteiger partial charge in [0.2, 0.25) is 5.91 Å². The molecule has 0 saturated heterocycles. The van der Waals surface area contributed by atoms with Gasteiger partial charge in [0.05, 0.1) is 18.8 Å². The molecule has 0 bridgehead atoms. The molecule has 1 aromatic carbocycles. The number of anilines is 1. The number of nitrogens with two attached hydrogens (primary N) is 1. The number of benzene rings is 1. The molecule has 1 heterocycles. The molecule has 1 aliphatic rings. The zero-order chi connectivity index (χ0) is 11.5. The predicted molar refractivity (Wildman–Crippen MR) is 57.9 cm³/mol. The van der Waals surface area contributed by atoms with Crippen LogP contribution in [0.25, 0.3) is 0 Å². The normalized spacial score (nSPS) is 15.0. The van der Waals surface area contributed by atoms with Gasteiger partial charge in [0.1, 0.15) is 11.6 Å². The molecule has 0 unspecified atom stereocenters. The van der Waals surface area contributed by atoms with Crippen molar-refractivity contribution in [2.24, 2.45) is 5.73 Å². The molecule has 86 valence electrons. The first-order chi connectivity index (χ1) is 7.72. The van der Waals surface area contributed by atoms with Crippen LogP contribution in [0.15, 0.2) is 18.2 Å². The maximum Gasteiger partial charge on any atom is 0.240 e. The van der Waals surface area contributed by atoms with Crippen molar-refractivity contribution < 1.29 is 13.9 Å². The Bertz CT molecular complexity index is 409. The molecular weight excluding hydrogens is 211 g/mol. The summed E-state index contributed by atoms with van der Waals surface area (Å²) in [5.41, 5.74) is 5.93. The standard InChI is InChI=1S/C11H13FN2O2/c12-8-2-3-9-10(6-8)16-5-1-4-14(9)11(15)7-13/h2-3,6H,1,4-5,7,13H2. The number of hydrogen-bond acceptors (Lipinski definition) is 3. The van der Waals surface area contributed by atoms with Crippen molar-refractivity contribution in [3.63, 3.8) is 0 Å². The Morgan fingerprint density at radius 2 is 2.38 bits per heavy atom. The van der Waals surface area contributed by atoms with Crippen LogP contribution in [0.3, 0.4) is 0 Å². The van der Waals surface area contributed by atoms with E-state index in [2.05, 4.69) is 0 Å². The van der Waals surface area contributed by atoms with E-state index in [4.69, 9.17) is 10.5 Å². The van der Waals surface area contributed by atoms with E-state index in [1.165, 1.54) is 12.1 Å². The van der Waals surface area contributed by atoms with Crippen molar-refractivity contribution in [2.75, 3.05) is 24.6 Å². The molecule has 2 N–H and O–H groups in total. The number of hydrogen-bond donors (Lipinski definition) is 1. The van der Waals surface area contributed by atoms with E-state index in [0.717, 1.165) is 0 Å². The van der Waals surface area contributed by atoms with Gasteiger partial charge in [0.25, 0.3) is 0 Å². The third-order valence-corrected chi connectivity index (χ3v) is 2.47. The SMILES string of the molecule is NCC(=O)N1CCCOc2cc(F)ccc21. The first kappa shape index (κ1) is 10.9. The van der Waals surface area contributed by atoms with E-state index in [0.29, 0.717) is 31.0 Å². The van der Waals surface area contributed by atoms with Crippen LogP contribution < -0.4 is 15.4 Å². The number of halogens is 1. The van der Waals surface area contributed by atoms with Gasteiger partial charge in [-0.25, -0.2) is 4.39 Å². The maximum absolute atomic E-state index is 13.0. The van der Waals surface area contributed by atoms with Gasteiger partial charge in [0.15, 0.2) is 0 Å². The minimum Gasteiger partial charge on any atom is -0.491 e. The summed E-state index contributed by atoms with van der Waals surface area (Å²) >= 11 is 0. The van der Waals surface area contributed by atoms with E-state index >= 15 is 0 Å². The predicted octanol–water partition coefficient (Wildman–Crippen LogP) is 0.900. The first-order valence-electron chi connectivity index (χ1n) is 5.15. The van der Waals surface area contributed by atoms with Gasteiger partial charge in [-0.05, 0) is 18.6 Å². The molecule has 2 rings (SSSR count). The fraction of sp³-hybridized carbons (Fsp3) is 0.364. The topological polar surface area (TPSA) is 55.6 Å².